The maximum absolute atomic E-state index is 12.9. The van der Waals surface area contributed by atoms with Gasteiger partial charge in [0, 0.05) is 25.5 Å². The fourth-order valence-electron chi connectivity index (χ4n) is 2.80. The monoisotopic (exact) mass is 360 g/mol. The zero-order valence-corrected chi connectivity index (χ0v) is 14.5. The Labute approximate surface area is 151 Å². The highest BCUT2D eigenvalue weighted by atomic mass is 19.1. The molecule has 1 aromatic carbocycles. The lowest BCUT2D eigenvalue weighted by atomic mass is 10.1. The van der Waals surface area contributed by atoms with Crippen molar-refractivity contribution in [3.8, 4) is 11.8 Å². The van der Waals surface area contributed by atoms with Crippen LogP contribution in [0.5, 0.6) is 11.8 Å². The zero-order chi connectivity index (χ0) is 18.4. The van der Waals surface area contributed by atoms with E-state index in [4.69, 9.17) is 9.47 Å². The maximum atomic E-state index is 12.9. The first-order valence-corrected chi connectivity index (χ1v) is 8.44. The Hall–Kier alpha value is -2.90. The van der Waals surface area contributed by atoms with E-state index in [-0.39, 0.29) is 18.0 Å². The van der Waals surface area contributed by atoms with Crippen LogP contribution < -0.4 is 14.8 Å². The minimum Gasteiger partial charge on any atom is -0.477 e. The summed E-state index contributed by atoms with van der Waals surface area (Å²) in [5, 5.41) is 2.85. The van der Waals surface area contributed by atoms with E-state index < -0.39 is 0 Å². The molecule has 1 aromatic heterocycles. The smallest absolute Gasteiger partial charge is 0.317 e. The third-order valence-electron chi connectivity index (χ3n) is 4.13. The predicted molar refractivity (Wildman–Crippen MR) is 92.4 cm³/mol. The molecule has 2 amide bonds. The molecule has 0 radical (unpaired) electrons. The second-order valence-electron chi connectivity index (χ2n) is 5.98. The summed E-state index contributed by atoms with van der Waals surface area (Å²) in [5.41, 5.74) is 0.842. The van der Waals surface area contributed by atoms with Gasteiger partial charge in [0.05, 0.1) is 13.7 Å². The van der Waals surface area contributed by atoms with Gasteiger partial charge >= 0.3 is 6.03 Å². The average molecular weight is 360 g/mol. The highest BCUT2D eigenvalue weighted by molar-refractivity contribution is 5.74. The number of methoxy groups -OCH3 is 1. The Kier molecular flexibility index (Phi) is 5.83. The third-order valence-corrected chi connectivity index (χ3v) is 4.13. The first-order valence-electron chi connectivity index (χ1n) is 8.44. The van der Waals surface area contributed by atoms with Gasteiger partial charge < -0.3 is 19.7 Å². The number of rotatable bonds is 5. The highest BCUT2D eigenvalue weighted by Crippen LogP contribution is 2.23. The number of likely N-dealkylation sites (tertiary alicyclic amines) is 1. The molecule has 0 spiro atoms. The molecule has 2 heterocycles. The number of benzene rings is 1. The summed E-state index contributed by atoms with van der Waals surface area (Å²) in [5.74, 6) is 0.356. The molecule has 2 aromatic rings. The van der Waals surface area contributed by atoms with E-state index >= 15 is 0 Å². The molecular formula is C18H21FN4O3. The molecular weight excluding hydrogens is 339 g/mol. The van der Waals surface area contributed by atoms with Crippen LogP contribution in [0.1, 0.15) is 18.4 Å². The highest BCUT2D eigenvalue weighted by Gasteiger charge is 2.26. The van der Waals surface area contributed by atoms with Gasteiger partial charge in [-0.15, -0.1) is 0 Å². The molecule has 1 unspecified atom stereocenters. The summed E-state index contributed by atoms with van der Waals surface area (Å²) in [6.45, 7) is 1.46. The number of hydrogen-bond acceptors (Lipinski definition) is 5. The second-order valence-corrected chi connectivity index (χ2v) is 5.98. The first kappa shape index (κ1) is 17.9. The molecule has 138 valence electrons. The number of carbonyl (C=O) groups excluding carboxylic acids is 1. The van der Waals surface area contributed by atoms with Crippen molar-refractivity contribution in [1.29, 1.82) is 0 Å². The number of amides is 2. The van der Waals surface area contributed by atoms with Gasteiger partial charge in [-0.3, -0.25) is 0 Å². The number of piperidine rings is 1. The van der Waals surface area contributed by atoms with Gasteiger partial charge in [-0.05, 0) is 30.5 Å². The van der Waals surface area contributed by atoms with Crippen molar-refractivity contribution in [1.82, 2.24) is 20.2 Å². The molecule has 1 fully saturated rings. The quantitative estimate of drug-likeness (QED) is 0.886. The lowest BCUT2D eigenvalue weighted by molar-refractivity contribution is 0.0943. The summed E-state index contributed by atoms with van der Waals surface area (Å²) in [4.78, 5) is 22.3. The van der Waals surface area contributed by atoms with Crippen LogP contribution in [-0.4, -0.2) is 47.2 Å². The predicted octanol–water partition coefficient (Wildman–Crippen LogP) is 2.38. The van der Waals surface area contributed by atoms with Crippen LogP contribution in [0.25, 0.3) is 0 Å². The van der Waals surface area contributed by atoms with E-state index in [1.54, 1.807) is 17.0 Å². The van der Waals surface area contributed by atoms with E-state index in [0.717, 1.165) is 18.4 Å². The van der Waals surface area contributed by atoms with Crippen LogP contribution >= 0.6 is 0 Å². The Morgan fingerprint density at radius 2 is 2.00 bits per heavy atom. The SMILES string of the molecule is COc1nccnc1OC1CCCN(C(=O)NCc2ccc(F)cc2)C1. The Morgan fingerprint density at radius 3 is 2.73 bits per heavy atom. The number of halogens is 1. The fourth-order valence-corrected chi connectivity index (χ4v) is 2.80. The van der Waals surface area contributed by atoms with Crippen molar-refractivity contribution < 1.29 is 18.7 Å². The zero-order valence-electron chi connectivity index (χ0n) is 14.5. The number of aromatic nitrogens is 2. The van der Waals surface area contributed by atoms with E-state index in [1.807, 2.05) is 0 Å². The number of ether oxygens (including phenoxy) is 2. The van der Waals surface area contributed by atoms with Crippen molar-refractivity contribution in [3.63, 3.8) is 0 Å². The lowest BCUT2D eigenvalue weighted by Gasteiger charge is -2.32. The molecule has 0 aliphatic carbocycles. The summed E-state index contributed by atoms with van der Waals surface area (Å²) >= 11 is 0. The van der Waals surface area contributed by atoms with Crippen LogP contribution in [0.2, 0.25) is 0 Å². The standard InChI is InChI=1S/C18H21FN4O3/c1-25-16-17(21-9-8-20-16)26-15-3-2-10-23(12-15)18(24)22-11-13-4-6-14(19)7-5-13/h4-9,15H,2-3,10-12H2,1H3,(H,22,24). The van der Waals surface area contributed by atoms with Gasteiger partial charge in [0.1, 0.15) is 11.9 Å². The molecule has 0 saturated carbocycles. The largest absolute Gasteiger partial charge is 0.477 e. The number of nitrogens with zero attached hydrogens (tertiary/aromatic N) is 3. The third kappa shape index (κ3) is 4.59. The van der Waals surface area contributed by atoms with E-state index in [9.17, 15) is 9.18 Å². The average Bonchev–Trinajstić information content (AvgIpc) is 2.68. The Morgan fingerprint density at radius 1 is 1.27 bits per heavy atom. The van der Waals surface area contributed by atoms with Crippen LogP contribution in [0.3, 0.4) is 0 Å². The van der Waals surface area contributed by atoms with E-state index in [0.29, 0.717) is 31.4 Å². The molecule has 1 atom stereocenters. The molecule has 1 N–H and O–H groups in total. The molecule has 7 nitrogen and oxygen atoms in total. The van der Waals surface area contributed by atoms with Crippen LogP contribution in [0.4, 0.5) is 9.18 Å². The number of carbonyl (C=O) groups is 1. The van der Waals surface area contributed by atoms with Crippen molar-refractivity contribution in [2.45, 2.75) is 25.5 Å². The van der Waals surface area contributed by atoms with Gasteiger partial charge in [0.15, 0.2) is 0 Å². The number of nitrogens with one attached hydrogen (secondary N) is 1. The summed E-state index contributed by atoms with van der Waals surface area (Å²) in [6, 6.07) is 5.88. The van der Waals surface area contributed by atoms with Crippen LogP contribution in [0.15, 0.2) is 36.7 Å². The topological polar surface area (TPSA) is 76.6 Å². The first-order chi connectivity index (χ1) is 12.7. The maximum Gasteiger partial charge on any atom is 0.317 e. The molecule has 1 aliphatic rings. The van der Waals surface area contributed by atoms with Gasteiger partial charge in [0.2, 0.25) is 0 Å². The summed E-state index contributed by atoms with van der Waals surface area (Å²) < 4.78 is 23.9. The van der Waals surface area contributed by atoms with E-state index in [2.05, 4.69) is 15.3 Å². The Bertz CT molecular complexity index is 741. The lowest BCUT2D eigenvalue weighted by Crippen LogP contribution is -2.48. The van der Waals surface area contributed by atoms with Crippen molar-refractivity contribution in [3.05, 3.63) is 48.0 Å². The summed E-state index contributed by atoms with van der Waals surface area (Å²) in [6.07, 6.45) is 4.54. The van der Waals surface area contributed by atoms with Crippen molar-refractivity contribution in [2.75, 3.05) is 20.2 Å². The van der Waals surface area contributed by atoms with Crippen molar-refractivity contribution >= 4 is 6.03 Å². The molecule has 1 aliphatic heterocycles. The minimum absolute atomic E-state index is 0.172. The molecule has 3 rings (SSSR count). The van der Waals surface area contributed by atoms with E-state index in [1.165, 1.54) is 31.6 Å². The van der Waals surface area contributed by atoms with Gasteiger partial charge in [-0.25, -0.2) is 19.2 Å². The van der Waals surface area contributed by atoms with Crippen LogP contribution in [-0.2, 0) is 6.54 Å². The normalized spacial score (nSPS) is 16.8. The Balaban J connectivity index is 1.54. The molecule has 8 heteroatoms. The minimum atomic E-state index is -0.296. The number of hydrogen-bond donors (Lipinski definition) is 1. The molecule has 0 bridgehead atoms. The van der Waals surface area contributed by atoms with Crippen molar-refractivity contribution in [2.24, 2.45) is 0 Å². The number of urea groups is 1. The van der Waals surface area contributed by atoms with Crippen LogP contribution in [0, 0.1) is 5.82 Å². The summed E-state index contributed by atoms with van der Waals surface area (Å²) in [7, 11) is 1.51. The van der Waals surface area contributed by atoms with Gasteiger partial charge in [-0.1, -0.05) is 12.1 Å². The molecule has 1 saturated heterocycles. The fraction of sp³-hybridized carbons (Fsp3) is 0.389. The van der Waals surface area contributed by atoms with Gasteiger partial charge in [0.25, 0.3) is 11.8 Å². The second kappa shape index (κ2) is 8.46. The van der Waals surface area contributed by atoms with Gasteiger partial charge in [-0.2, -0.15) is 0 Å². The molecule has 26 heavy (non-hydrogen) atoms.